The van der Waals surface area contributed by atoms with E-state index in [1.54, 1.807) is 6.92 Å². The first-order valence-electron chi connectivity index (χ1n) is 6.79. The molecule has 3 heteroatoms. The van der Waals surface area contributed by atoms with Gasteiger partial charge in [-0.15, -0.1) is 0 Å². The molecule has 1 aliphatic heterocycles. The monoisotopic (exact) mass is 260 g/mol. The standard InChI is InChI=1S/C16H24N2O/c1-11(19)17-12-7-8-14-13(9-12)15(2,3)10-16(4,5)18(14)6/h7-9H,10H2,1-6H3,(H,17,19). The van der Waals surface area contributed by atoms with Gasteiger partial charge in [0.15, 0.2) is 0 Å². The molecule has 0 radical (unpaired) electrons. The molecule has 3 nitrogen and oxygen atoms in total. The van der Waals surface area contributed by atoms with Crippen molar-refractivity contribution in [3.05, 3.63) is 23.8 Å². The van der Waals surface area contributed by atoms with Gasteiger partial charge in [-0.05, 0) is 49.4 Å². The van der Waals surface area contributed by atoms with Gasteiger partial charge in [0.1, 0.15) is 0 Å². The number of carbonyl (C=O) groups is 1. The second-order valence-corrected chi connectivity index (χ2v) is 6.85. The average Bonchev–Trinajstić information content (AvgIpc) is 2.24. The summed E-state index contributed by atoms with van der Waals surface area (Å²) in [7, 11) is 2.14. The fraction of sp³-hybridized carbons (Fsp3) is 0.562. The molecular formula is C16H24N2O. The lowest BCUT2D eigenvalue weighted by atomic mass is 9.70. The molecule has 0 bridgehead atoms. The highest BCUT2D eigenvalue weighted by Crippen LogP contribution is 2.46. The Kier molecular flexibility index (Phi) is 3.12. The summed E-state index contributed by atoms with van der Waals surface area (Å²) in [4.78, 5) is 13.5. The second-order valence-electron chi connectivity index (χ2n) is 6.85. The molecule has 0 atom stereocenters. The van der Waals surface area contributed by atoms with Crippen LogP contribution in [0.4, 0.5) is 11.4 Å². The minimum absolute atomic E-state index is 0.0257. The van der Waals surface area contributed by atoms with E-state index in [4.69, 9.17) is 0 Å². The van der Waals surface area contributed by atoms with Crippen LogP contribution in [0.2, 0.25) is 0 Å². The van der Waals surface area contributed by atoms with Gasteiger partial charge in [-0.2, -0.15) is 0 Å². The summed E-state index contributed by atoms with van der Waals surface area (Å²) < 4.78 is 0. The van der Waals surface area contributed by atoms with Crippen LogP contribution in [0.3, 0.4) is 0 Å². The lowest BCUT2D eigenvalue weighted by Gasteiger charge is -2.49. The Labute approximate surface area is 116 Å². The summed E-state index contributed by atoms with van der Waals surface area (Å²) in [6, 6.07) is 6.21. The number of hydrogen-bond acceptors (Lipinski definition) is 2. The van der Waals surface area contributed by atoms with E-state index in [0.717, 1.165) is 12.1 Å². The predicted molar refractivity (Wildman–Crippen MR) is 80.9 cm³/mol. The first-order chi connectivity index (χ1) is 8.63. The van der Waals surface area contributed by atoms with Gasteiger partial charge in [0.25, 0.3) is 0 Å². The minimum Gasteiger partial charge on any atom is -0.369 e. The Bertz CT molecular complexity index is 517. The van der Waals surface area contributed by atoms with Crippen LogP contribution in [0.25, 0.3) is 0 Å². The largest absolute Gasteiger partial charge is 0.369 e. The normalized spacial score (nSPS) is 19.8. The maximum absolute atomic E-state index is 11.2. The van der Waals surface area contributed by atoms with Crippen LogP contribution in [0, 0.1) is 0 Å². The maximum Gasteiger partial charge on any atom is 0.221 e. The third-order valence-electron chi connectivity index (χ3n) is 4.19. The number of hydrogen-bond donors (Lipinski definition) is 1. The van der Waals surface area contributed by atoms with E-state index >= 15 is 0 Å². The van der Waals surface area contributed by atoms with E-state index in [0.29, 0.717) is 0 Å². The van der Waals surface area contributed by atoms with Crippen molar-refractivity contribution >= 4 is 17.3 Å². The molecule has 0 aliphatic carbocycles. The van der Waals surface area contributed by atoms with Crippen LogP contribution < -0.4 is 10.2 Å². The molecule has 19 heavy (non-hydrogen) atoms. The molecule has 1 heterocycles. The molecule has 1 aromatic rings. The molecule has 104 valence electrons. The van der Waals surface area contributed by atoms with Crippen molar-refractivity contribution in [1.82, 2.24) is 0 Å². The molecule has 1 aliphatic rings. The summed E-state index contributed by atoms with van der Waals surface area (Å²) in [6.07, 6.45) is 1.09. The summed E-state index contributed by atoms with van der Waals surface area (Å²) in [6.45, 7) is 10.6. The van der Waals surface area contributed by atoms with Gasteiger partial charge < -0.3 is 10.2 Å². The number of benzene rings is 1. The molecule has 1 aromatic carbocycles. The van der Waals surface area contributed by atoms with Crippen molar-refractivity contribution in [2.45, 2.75) is 52.0 Å². The molecule has 2 rings (SSSR count). The lowest BCUT2D eigenvalue weighted by Crippen LogP contribution is -2.50. The van der Waals surface area contributed by atoms with Gasteiger partial charge in [0.2, 0.25) is 5.91 Å². The Morgan fingerprint density at radius 1 is 1.26 bits per heavy atom. The van der Waals surface area contributed by atoms with Crippen molar-refractivity contribution in [1.29, 1.82) is 0 Å². The van der Waals surface area contributed by atoms with Gasteiger partial charge in [-0.3, -0.25) is 4.79 Å². The van der Waals surface area contributed by atoms with Gasteiger partial charge in [-0.25, -0.2) is 0 Å². The van der Waals surface area contributed by atoms with Crippen molar-refractivity contribution < 1.29 is 4.79 Å². The van der Waals surface area contributed by atoms with Crippen LogP contribution in [-0.2, 0) is 10.2 Å². The van der Waals surface area contributed by atoms with E-state index in [2.05, 4.69) is 57.1 Å². The third kappa shape index (κ3) is 2.46. The second kappa shape index (κ2) is 4.26. The van der Waals surface area contributed by atoms with Crippen LogP contribution in [0.15, 0.2) is 18.2 Å². The van der Waals surface area contributed by atoms with Crippen LogP contribution in [0.5, 0.6) is 0 Å². The van der Waals surface area contributed by atoms with Crippen LogP contribution >= 0.6 is 0 Å². The number of carbonyl (C=O) groups excluding carboxylic acids is 1. The van der Waals surface area contributed by atoms with Crippen LogP contribution in [0.1, 0.15) is 46.6 Å². The number of fused-ring (bicyclic) bond motifs is 1. The average molecular weight is 260 g/mol. The zero-order valence-corrected chi connectivity index (χ0v) is 12.8. The smallest absolute Gasteiger partial charge is 0.221 e. The van der Waals surface area contributed by atoms with Crippen molar-refractivity contribution in [2.75, 3.05) is 17.3 Å². The fourth-order valence-electron chi connectivity index (χ4n) is 3.27. The summed E-state index contributed by atoms with van der Waals surface area (Å²) in [5.41, 5.74) is 3.70. The van der Waals surface area contributed by atoms with Gasteiger partial charge in [-0.1, -0.05) is 13.8 Å². The van der Waals surface area contributed by atoms with Crippen molar-refractivity contribution in [2.24, 2.45) is 0 Å². The molecular weight excluding hydrogens is 236 g/mol. The van der Waals surface area contributed by atoms with E-state index in [9.17, 15) is 4.79 Å². The summed E-state index contributed by atoms with van der Waals surface area (Å²) in [5, 5.41) is 2.87. The quantitative estimate of drug-likeness (QED) is 0.837. The highest BCUT2D eigenvalue weighted by molar-refractivity contribution is 5.89. The van der Waals surface area contributed by atoms with E-state index < -0.39 is 0 Å². The van der Waals surface area contributed by atoms with Gasteiger partial charge in [0.05, 0.1) is 0 Å². The molecule has 0 fully saturated rings. The SMILES string of the molecule is CC(=O)Nc1ccc2c(c1)C(C)(C)CC(C)(C)N2C. The van der Waals surface area contributed by atoms with Gasteiger partial charge in [0, 0.05) is 30.9 Å². The molecule has 0 unspecified atom stereocenters. The van der Waals surface area contributed by atoms with E-state index in [1.807, 2.05) is 6.07 Å². The molecule has 0 aromatic heterocycles. The summed E-state index contributed by atoms with van der Waals surface area (Å²) in [5.74, 6) is -0.0257. The Balaban J connectivity index is 2.51. The molecule has 1 N–H and O–H groups in total. The zero-order valence-electron chi connectivity index (χ0n) is 12.8. The third-order valence-corrected chi connectivity index (χ3v) is 4.19. The van der Waals surface area contributed by atoms with E-state index in [1.165, 1.54) is 11.3 Å². The first kappa shape index (κ1) is 13.9. The minimum atomic E-state index is -0.0257. The van der Waals surface area contributed by atoms with Gasteiger partial charge >= 0.3 is 0 Å². The molecule has 0 saturated heterocycles. The number of amides is 1. The first-order valence-corrected chi connectivity index (χ1v) is 6.79. The molecule has 0 spiro atoms. The highest BCUT2D eigenvalue weighted by atomic mass is 16.1. The maximum atomic E-state index is 11.2. The zero-order chi connectivity index (χ0) is 14.4. The Morgan fingerprint density at radius 2 is 1.89 bits per heavy atom. The predicted octanol–water partition coefficient (Wildman–Crippen LogP) is 3.54. The number of anilines is 2. The molecule has 1 amide bonds. The van der Waals surface area contributed by atoms with Crippen molar-refractivity contribution in [3.63, 3.8) is 0 Å². The Morgan fingerprint density at radius 3 is 2.47 bits per heavy atom. The number of rotatable bonds is 1. The van der Waals surface area contributed by atoms with Crippen molar-refractivity contribution in [3.8, 4) is 0 Å². The molecule has 0 saturated carbocycles. The van der Waals surface area contributed by atoms with Crippen LogP contribution in [-0.4, -0.2) is 18.5 Å². The summed E-state index contributed by atoms with van der Waals surface area (Å²) >= 11 is 0. The number of nitrogens with zero attached hydrogens (tertiary/aromatic N) is 1. The fourth-order valence-corrected chi connectivity index (χ4v) is 3.27. The highest BCUT2D eigenvalue weighted by Gasteiger charge is 2.40. The topological polar surface area (TPSA) is 32.3 Å². The Hall–Kier alpha value is -1.51. The van der Waals surface area contributed by atoms with E-state index in [-0.39, 0.29) is 16.9 Å². The number of nitrogens with one attached hydrogen (secondary N) is 1. The lowest BCUT2D eigenvalue weighted by molar-refractivity contribution is -0.114.